The quantitative estimate of drug-likeness (QED) is 0.835. The molecule has 1 atom stereocenters. The fourth-order valence-electron chi connectivity index (χ4n) is 2.82. The number of carboxylic acids is 1. The summed E-state index contributed by atoms with van der Waals surface area (Å²) in [7, 11) is -3.68. The molecule has 5 nitrogen and oxygen atoms in total. The molecular formula is C17H21NO4S. The van der Waals surface area contributed by atoms with E-state index in [1.54, 1.807) is 12.1 Å². The second kappa shape index (κ2) is 6.68. The largest absolute Gasteiger partial charge is 0.481 e. The number of rotatable bonds is 6. The third-order valence-corrected chi connectivity index (χ3v) is 5.01. The summed E-state index contributed by atoms with van der Waals surface area (Å²) in [6, 6.07) is 6.52. The maximum absolute atomic E-state index is 11.3. The van der Waals surface area contributed by atoms with Gasteiger partial charge in [-0.05, 0) is 47.9 Å². The molecule has 0 fully saturated rings. The Morgan fingerprint density at radius 2 is 1.96 bits per heavy atom. The van der Waals surface area contributed by atoms with E-state index in [4.69, 9.17) is 10.2 Å². The van der Waals surface area contributed by atoms with E-state index in [1.807, 2.05) is 12.2 Å². The number of hydrogen-bond acceptors (Lipinski definition) is 3. The Morgan fingerprint density at radius 1 is 1.30 bits per heavy atom. The smallest absolute Gasteiger partial charge is 0.303 e. The molecule has 1 aliphatic rings. The molecule has 3 N–H and O–H groups in total. The summed E-state index contributed by atoms with van der Waals surface area (Å²) < 4.78 is 22.6. The van der Waals surface area contributed by atoms with E-state index in [0.29, 0.717) is 6.42 Å². The molecule has 1 aliphatic carbocycles. The van der Waals surface area contributed by atoms with Crippen LogP contribution in [0.4, 0.5) is 0 Å². The van der Waals surface area contributed by atoms with E-state index in [-0.39, 0.29) is 16.7 Å². The fourth-order valence-corrected chi connectivity index (χ4v) is 3.34. The first-order valence-electron chi connectivity index (χ1n) is 7.43. The van der Waals surface area contributed by atoms with Gasteiger partial charge in [0.2, 0.25) is 10.0 Å². The fraction of sp³-hybridized carbons (Fsp3) is 0.353. The van der Waals surface area contributed by atoms with Gasteiger partial charge in [-0.3, -0.25) is 4.79 Å². The normalized spacial score (nSPS) is 21.0. The van der Waals surface area contributed by atoms with Gasteiger partial charge in [0.15, 0.2) is 0 Å². The van der Waals surface area contributed by atoms with Crippen LogP contribution >= 0.6 is 0 Å². The van der Waals surface area contributed by atoms with Gasteiger partial charge in [-0.2, -0.15) is 0 Å². The molecule has 0 saturated carbocycles. The lowest BCUT2D eigenvalue weighted by Crippen LogP contribution is -2.17. The van der Waals surface area contributed by atoms with Crippen molar-refractivity contribution in [2.24, 2.45) is 10.6 Å². The molecular weight excluding hydrogens is 314 g/mol. The van der Waals surface area contributed by atoms with E-state index in [0.717, 1.165) is 24.0 Å². The number of primary sulfonamides is 1. The van der Waals surface area contributed by atoms with Gasteiger partial charge >= 0.3 is 5.97 Å². The number of aliphatic carboxylic acids is 1. The SMILES string of the molecule is CC1(CCCC(=O)O)C=CC=C(c2ccc(S(N)(=O)=O)cc2)C1. The molecule has 2 rings (SSSR count). The number of benzene rings is 1. The van der Waals surface area contributed by atoms with E-state index in [9.17, 15) is 13.2 Å². The van der Waals surface area contributed by atoms with Crippen molar-refractivity contribution < 1.29 is 18.3 Å². The molecule has 124 valence electrons. The zero-order chi connectivity index (χ0) is 17.1. The van der Waals surface area contributed by atoms with Gasteiger partial charge in [-0.15, -0.1) is 0 Å². The Balaban J connectivity index is 2.11. The van der Waals surface area contributed by atoms with Crippen LogP contribution in [0.5, 0.6) is 0 Å². The summed E-state index contributed by atoms with van der Waals surface area (Å²) >= 11 is 0. The molecule has 0 spiro atoms. The van der Waals surface area contributed by atoms with Gasteiger partial charge in [0.25, 0.3) is 0 Å². The van der Waals surface area contributed by atoms with E-state index < -0.39 is 16.0 Å². The van der Waals surface area contributed by atoms with Crippen LogP contribution in [0.2, 0.25) is 0 Å². The highest BCUT2D eigenvalue weighted by Gasteiger charge is 2.25. The Labute approximate surface area is 136 Å². The molecule has 0 heterocycles. The van der Waals surface area contributed by atoms with E-state index in [1.165, 1.54) is 12.1 Å². The second-order valence-electron chi connectivity index (χ2n) is 6.20. The van der Waals surface area contributed by atoms with Crippen molar-refractivity contribution in [3.63, 3.8) is 0 Å². The van der Waals surface area contributed by atoms with E-state index in [2.05, 4.69) is 13.0 Å². The lowest BCUT2D eigenvalue weighted by Gasteiger charge is -2.30. The van der Waals surface area contributed by atoms with Crippen LogP contribution in [0.3, 0.4) is 0 Å². The Hall–Kier alpha value is -1.92. The molecule has 1 unspecified atom stereocenters. The molecule has 0 saturated heterocycles. The number of carboxylic acid groups (broad SMARTS) is 1. The molecule has 0 bridgehead atoms. The number of carbonyl (C=O) groups is 1. The number of sulfonamides is 1. The Morgan fingerprint density at radius 3 is 2.52 bits per heavy atom. The lowest BCUT2D eigenvalue weighted by molar-refractivity contribution is -0.137. The maximum Gasteiger partial charge on any atom is 0.303 e. The van der Waals surface area contributed by atoms with Crippen molar-refractivity contribution in [1.82, 2.24) is 0 Å². The van der Waals surface area contributed by atoms with Gasteiger partial charge in [-0.25, -0.2) is 13.6 Å². The van der Waals surface area contributed by atoms with Crippen LogP contribution in [-0.4, -0.2) is 19.5 Å². The first kappa shape index (κ1) is 17.4. The van der Waals surface area contributed by atoms with Crippen LogP contribution in [0.15, 0.2) is 47.4 Å². The third kappa shape index (κ3) is 4.77. The van der Waals surface area contributed by atoms with Crippen molar-refractivity contribution >= 4 is 21.6 Å². The van der Waals surface area contributed by atoms with Gasteiger partial charge in [0, 0.05) is 6.42 Å². The first-order valence-corrected chi connectivity index (χ1v) is 8.98. The monoisotopic (exact) mass is 335 g/mol. The number of nitrogens with two attached hydrogens (primary N) is 1. The van der Waals surface area contributed by atoms with Crippen LogP contribution in [-0.2, 0) is 14.8 Å². The topological polar surface area (TPSA) is 97.5 Å². The van der Waals surface area contributed by atoms with Crippen molar-refractivity contribution in [1.29, 1.82) is 0 Å². The summed E-state index contributed by atoms with van der Waals surface area (Å²) in [5.74, 6) is -0.775. The van der Waals surface area contributed by atoms with Crippen molar-refractivity contribution in [2.45, 2.75) is 37.5 Å². The minimum Gasteiger partial charge on any atom is -0.481 e. The van der Waals surface area contributed by atoms with Gasteiger partial charge < -0.3 is 5.11 Å². The molecule has 0 aromatic heterocycles. The Bertz CT molecular complexity index is 747. The standard InChI is InChI=1S/C17H21NO4S/c1-17(11-3-5-16(19)20)10-2-4-14(12-17)13-6-8-15(9-7-13)23(18,21)22/h2,4,6-10H,3,5,11-12H2,1H3,(H,19,20)(H2,18,21,22). The summed E-state index contributed by atoms with van der Waals surface area (Å²) in [5.41, 5.74) is 1.97. The molecule has 0 radical (unpaired) electrons. The molecule has 1 aromatic carbocycles. The van der Waals surface area contributed by atoms with Crippen LogP contribution < -0.4 is 5.14 Å². The summed E-state index contributed by atoms with van der Waals surface area (Å²) in [5, 5.41) is 13.9. The zero-order valence-electron chi connectivity index (χ0n) is 13.0. The second-order valence-corrected chi connectivity index (χ2v) is 7.76. The molecule has 1 aromatic rings. The summed E-state index contributed by atoms with van der Waals surface area (Å²) in [6.45, 7) is 2.11. The van der Waals surface area contributed by atoms with Gasteiger partial charge in [-0.1, -0.05) is 37.3 Å². The average Bonchev–Trinajstić information content (AvgIpc) is 2.46. The van der Waals surface area contributed by atoms with Crippen molar-refractivity contribution in [3.05, 3.63) is 48.1 Å². The highest BCUT2D eigenvalue weighted by atomic mass is 32.2. The van der Waals surface area contributed by atoms with Crippen LogP contribution in [0.25, 0.3) is 5.57 Å². The van der Waals surface area contributed by atoms with E-state index >= 15 is 0 Å². The maximum atomic E-state index is 11.3. The highest BCUT2D eigenvalue weighted by molar-refractivity contribution is 7.89. The predicted octanol–water partition coefficient (Wildman–Crippen LogP) is 2.94. The first-order chi connectivity index (χ1) is 10.7. The van der Waals surface area contributed by atoms with Gasteiger partial charge in [0.1, 0.15) is 0 Å². The molecule has 0 aliphatic heterocycles. The van der Waals surface area contributed by atoms with Crippen molar-refractivity contribution in [2.75, 3.05) is 0 Å². The number of hydrogen-bond donors (Lipinski definition) is 2. The van der Waals surface area contributed by atoms with Crippen LogP contribution in [0.1, 0.15) is 38.2 Å². The van der Waals surface area contributed by atoms with Gasteiger partial charge in [0.05, 0.1) is 4.90 Å². The molecule has 0 amide bonds. The Kier molecular flexibility index (Phi) is 5.06. The molecule has 6 heteroatoms. The number of allylic oxidation sites excluding steroid dienone is 4. The third-order valence-electron chi connectivity index (χ3n) is 4.08. The van der Waals surface area contributed by atoms with Crippen molar-refractivity contribution in [3.8, 4) is 0 Å². The molecule has 23 heavy (non-hydrogen) atoms. The van der Waals surface area contributed by atoms with Crippen LogP contribution in [0, 0.1) is 5.41 Å². The highest BCUT2D eigenvalue weighted by Crippen LogP contribution is 2.39. The average molecular weight is 335 g/mol. The minimum absolute atomic E-state index is 0.0852. The summed E-state index contributed by atoms with van der Waals surface area (Å²) in [6.07, 6.45) is 8.48. The lowest BCUT2D eigenvalue weighted by atomic mass is 9.75. The minimum atomic E-state index is -3.68. The predicted molar refractivity (Wildman–Crippen MR) is 89.1 cm³/mol. The zero-order valence-corrected chi connectivity index (χ0v) is 13.8. The summed E-state index contributed by atoms with van der Waals surface area (Å²) in [4.78, 5) is 10.8.